The molecule has 0 spiro atoms. The first-order valence-corrected chi connectivity index (χ1v) is 6.63. The maximum Gasteiger partial charge on any atom is 0.325 e. The number of amides is 4. The van der Waals surface area contributed by atoms with Gasteiger partial charge in [-0.05, 0) is 25.7 Å². The number of rotatable bonds is 2. The maximum absolute atomic E-state index is 12.3. The van der Waals surface area contributed by atoms with Crippen LogP contribution in [0.15, 0.2) is 0 Å². The minimum atomic E-state index is -0.497. The maximum atomic E-state index is 12.3. The van der Waals surface area contributed by atoms with Crippen LogP contribution in [0.3, 0.4) is 0 Å². The Bertz CT molecular complexity index is 409. The third-order valence-corrected chi connectivity index (χ3v) is 4.23. The van der Waals surface area contributed by atoms with Gasteiger partial charge in [-0.2, -0.15) is 0 Å². The fraction of sp³-hybridized carbons (Fsp3) is 0.750. The highest BCUT2D eigenvalue weighted by Gasteiger charge is 2.44. The lowest BCUT2D eigenvalue weighted by Gasteiger charge is -2.37. The van der Waals surface area contributed by atoms with Crippen molar-refractivity contribution in [3.63, 3.8) is 0 Å². The molecule has 0 radical (unpaired) electrons. The zero-order chi connectivity index (χ0) is 13.6. The van der Waals surface area contributed by atoms with Crippen molar-refractivity contribution in [3.05, 3.63) is 0 Å². The molecule has 3 aliphatic rings. The summed E-state index contributed by atoms with van der Waals surface area (Å²) in [4.78, 5) is 37.9. The Labute approximate surface area is 110 Å². The van der Waals surface area contributed by atoms with E-state index in [2.05, 4.69) is 5.32 Å². The summed E-state index contributed by atoms with van der Waals surface area (Å²) in [7, 11) is 0. The van der Waals surface area contributed by atoms with Crippen molar-refractivity contribution in [1.29, 1.82) is 0 Å². The number of piperidine rings is 1. The normalized spacial score (nSPS) is 33.8. The van der Waals surface area contributed by atoms with Gasteiger partial charge in [-0.15, -0.1) is 0 Å². The molecule has 0 aromatic rings. The second kappa shape index (κ2) is 4.48. The molecule has 7 nitrogen and oxygen atoms in total. The van der Waals surface area contributed by atoms with Crippen LogP contribution >= 0.6 is 0 Å². The molecule has 2 bridgehead atoms. The average molecular weight is 267 g/mol. The number of carbonyl (C=O) groups excluding carboxylic acids is 3. The molecule has 0 aromatic carbocycles. The van der Waals surface area contributed by atoms with E-state index in [1.165, 1.54) is 0 Å². The van der Waals surface area contributed by atoms with E-state index in [0.29, 0.717) is 12.8 Å². The first-order valence-electron chi connectivity index (χ1n) is 6.63. The van der Waals surface area contributed by atoms with Crippen molar-refractivity contribution in [1.82, 2.24) is 15.1 Å². The summed E-state index contributed by atoms with van der Waals surface area (Å²) in [5.41, 5.74) is 0. The molecule has 4 amide bonds. The van der Waals surface area contributed by atoms with Crippen LogP contribution in [0, 0.1) is 0 Å². The molecular weight excluding hydrogens is 250 g/mol. The van der Waals surface area contributed by atoms with E-state index in [9.17, 15) is 19.5 Å². The fourth-order valence-electron chi connectivity index (χ4n) is 3.39. The smallest absolute Gasteiger partial charge is 0.325 e. The molecule has 0 saturated carbocycles. The number of carbonyl (C=O) groups is 3. The molecule has 104 valence electrons. The number of fused-ring (bicyclic) bond motifs is 2. The summed E-state index contributed by atoms with van der Waals surface area (Å²) in [6.07, 6.45) is 2.66. The number of imide groups is 1. The minimum absolute atomic E-state index is 0.0301. The Balaban J connectivity index is 1.68. The van der Waals surface area contributed by atoms with Gasteiger partial charge in [-0.25, -0.2) is 4.79 Å². The topological polar surface area (TPSA) is 90.0 Å². The van der Waals surface area contributed by atoms with Gasteiger partial charge < -0.3 is 15.3 Å². The highest BCUT2D eigenvalue weighted by Crippen LogP contribution is 2.35. The molecule has 0 aliphatic carbocycles. The van der Waals surface area contributed by atoms with Gasteiger partial charge in [0.25, 0.3) is 5.91 Å². The molecular formula is C12H17N3O4. The molecule has 0 aromatic heterocycles. The quantitative estimate of drug-likeness (QED) is 0.631. The molecule has 3 aliphatic heterocycles. The van der Waals surface area contributed by atoms with Crippen LogP contribution < -0.4 is 5.32 Å². The lowest BCUT2D eigenvalue weighted by Crippen LogP contribution is -2.52. The van der Waals surface area contributed by atoms with Crippen molar-refractivity contribution in [2.45, 2.75) is 43.9 Å². The Morgan fingerprint density at radius 1 is 1.26 bits per heavy atom. The standard InChI is InChI=1S/C12H17N3O4/c16-9-3-7-1-2-8(4-9)15(7)11(18)6-14-10(17)5-13-12(14)19/h7-9,16H,1-6H2,(H,13,19). The Kier molecular flexibility index (Phi) is 2.93. The van der Waals surface area contributed by atoms with Crippen LogP contribution in [-0.2, 0) is 9.59 Å². The molecule has 19 heavy (non-hydrogen) atoms. The van der Waals surface area contributed by atoms with Crippen molar-refractivity contribution in [2.24, 2.45) is 0 Å². The van der Waals surface area contributed by atoms with Crippen LogP contribution in [-0.4, -0.2) is 64.0 Å². The lowest BCUT2D eigenvalue weighted by molar-refractivity contribution is -0.141. The first kappa shape index (κ1) is 12.4. The van der Waals surface area contributed by atoms with E-state index >= 15 is 0 Å². The number of aliphatic hydroxyl groups excluding tert-OH is 1. The number of urea groups is 1. The van der Waals surface area contributed by atoms with Gasteiger partial charge in [0.1, 0.15) is 6.54 Å². The minimum Gasteiger partial charge on any atom is -0.393 e. The molecule has 7 heteroatoms. The SMILES string of the molecule is O=C1CNC(=O)N1CC(=O)N1C2CCC1CC(O)C2. The second-order valence-corrected chi connectivity index (χ2v) is 5.45. The molecule has 3 rings (SSSR count). The molecule has 3 fully saturated rings. The summed E-state index contributed by atoms with van der Waals surface area (Å²) < 4.78 is 0. The van der Waals surface area contributed by atoms with Gasteiger partial charge >= 0.3 is 6.03 Å². The Morgan fingerprint density at radius 3 is 2.42 bits per heavy atom. The Morgan fingerprint density at radius 2 is 1.89 bits per heavy atom. The van der Waals surface area contributed by atoms with Crippen molar-refractivity contribution < 1.29 is 19.5 Å². The number of hydrogen-bond acceptors (Lipinski definition) is 4. The van der Waals surface area contributed by atoms with Crippen LogP contribution in [0.4, 0.5) is 4.79 Å². The zero-order valence-corrected chi connectivity index (χ0v) is 10.5. The van der Waals surface area contributed by atoms with Crippen LogP contribution in [0.25, 0.3) is 0 Å². The molecule has 2 N–H and O–H groups in total. The highest BCUT2D eigenvalue weighted by atomic mass is 16.3. The van der Waals surface area contributed by atoms with E-state index in [1.807, 2.05) is 0 Å². The second-order valence-electron chi connectivity index (χ2n) is 5.45. The summed E-state index contributed by atoms with van der Waals surface area (Å²) in [6.45, 7) is -0.217. The van der Waals surface area contributed by atoms with E-state index in [4.69, 9.17) is 0 Å². The summed E-state index contributed by atoms with van der Waals surface area (Å²) in [5, 5.41) is 12.1. The van der Waals surface area contributed by atoms with Crippen LogP contribution in [0.1, 0.15) is 25.7 Å². The van der Waals surface area contributed by atoms with E-state index in [0.717, 1.165) is 17.7 Å². The molecule has 2 atom stereocenters. The highest BCUT2D eigenvalue weighted by molar-refractivity contribution is 6.04. The van der Waals surface area contributed by atoms with Crippen molar-refractivity contribution in [2.75, 3.05) is 13.1 Å². The van der Waals surface area contributed by atoms with E-state index in [1.54, 1.807) is 4.90 Å². The van der Waals surface area contributed by atoms with Gasteiger partial charge in [0.15, 0.2) is 0 Å². The number of aliphatic hydroxyl groups is 1. The average Bonchev–Trinajstić information content (AvgIpc) is 2.81. The molecule has 3 heterocycles. The predicted octanol–water partition coefficient (Wildman–Crippen LogP) is -0.947. The van der Waals surface area contributed by atoms with Gasteiger partial charge in [-0.3, -0.25) is 14.5 Å². The monoisotopic (exact) mass is 267 g/mol. The lowest BCUT2D eigenvalue weighted by atomic mass is 10.00. The number of nitrogens with one attached hydrogen (secondary N) is 1. The predicted molar refractivity (Wildman–Crippen MR) is 64.0 cm³/mol. The third-order valence-electron chi connectivity index (χ3n) is 4.23. The number of nitrogens with zero attached hydrogens (tertiary/aromatic N) is 2. The third kappa shape index (κ3) is 2.07. The largest absolute Gasteiger partial charge is 0.393 e. The summed E-state index contributed by atoms with van der Waals surface area (Å²) >= 11 is 0. The molecule has 2 unspecified atom stereocenters. The van der Waals surface area contributed by atoms with Gasteiger partial charge in [0.2, 0.25) is 5.91 Å². The van der Waals surface area contributed by atoms with Crippen LogP contribution in [0.2, 0.25) is 0 Å². The summed E-state index contributed by atoms with van der Waals surface area (Å²) in [6, 6.07) is -0.383. The van der Waals surface area contributed by atoms with Crippen LogP contribution in [0.5, 0.6) is 0 Å². The van der Waals surface area contributed by atoms with E-state index in [-0.39, 0.29) is 43.1 Å². The summed E-state index contributed by atoms with van der Waals surface area (Å²) in [5.74, 6) is -0.549. The first-order chi connectivity index (χ1) is 9.06. The zero-order valence-electron chi connectivity index (χ0n) is 10.5. The van der Waals surface area contributed by atoms with Crippen molar-refractivity contribution >= 4 is 17.8 Å². The van der Waals surface area contributed by atoms with Gasteiger partial charge in [0.05, 0.1) is 12.6 Å². The number of hydrogen-bond donors (Lipinski definition) is 2. The fourth-order valence-corrected chi connectivity index (χ4v) is 3.39. The van der Waals surface area contributed by atoms with E-state index < -0.39 is 6.03 Å². The Hall–Kier alpha value is -1.63. The molecule has 3 saturated heterocycles. The van der Waals surface area contributed by atoms with Crippen molar-refractivity contribution in [3.8, 4) is 0 Å². The van der Waals surface area contributed by atoms with Gasteiger partial charge in [-0.1, -0.05) is 0 Å². The van der Waals surface area contributed by atoms with Gasteiger partial charge in [0, 0.05) is 12.1 Å².